The SMILES string of the molecule is Cc1ccc(C)c2c(-c3cc(Cl)ccc3Cl)nnc(Cl)c12. The minimum absolute atomic E-state index is 0.396. The third-order valence-corrected chi connectivity index (χ3v) is 4.32. The van der Waals surface area contributed by atoms with E-state index in [0.29, 0.717) is 20.9 Å². The minimum Gasteiger partial charge on any atom is -0.148 e. The van der Waals surface area contributed by atoms with Gasteiger partial charge in [-0.05, 0) is 43.2 Å². The monoisotopic (exact) mass is 336 g/mol. The molecule has 0 saturated carbocycles. The van der Waals surface area contributed by atoms with Crippen molar-refractivity contribution in [3.63, 3.8) is 0 Å². The predicted molar refractivity (Wildman–Crippen MR) is 89.5 cm³/mol. The van der Waals surface area contributed by atoms with Gasteiger partial charge < -0.3 is 0 Å². The van der Waals surface area contributed by atoms with Gasteiger partial charge in [0.15, 0.2) is 5.15 Å². The Bertz CT molecular complexity index is 852. The Morgan fingerprint density at radius 2 is 1.48 bits per heavy atom. The largest absolute Gasteiger partial charge is 0.159 e. The maximum absolute atomic E-state index is 6.30. The van der Waals surface area contributed by atoms with E-state index in [2.05, 4.69) is 10.2 Å². The van der Waals surface area contributed by atoms with E-state index >= 15 is 0 Å². The van der Waals surface area contributed by atoms with Crippen LogP contribution in [0, 0.1) is 13.8 Å². The van der Waals surface area contributed by atoms with Gasteiger partial charge in [0.2, 0.25) is 0 Å². The zero-order chi connectivity index (χ0) is 15.1. The molecule has 0 bridgehead atoms. The van der Waals surface area contributed by atoms with Crippen LogP contribution in [0.1, 0.15) is 11.1 Å². The molecule has 0 radical (unpaired) electrons. The fourth-order valence-corrected chi connectivity index (χ4v) is 3.10. The van der Waals surface area contributed by atoms with Crippen LogP contribution in [0.15, 0.2) is 30.3 Å². The summed E-state index contributed by atoms with van der Waals surface area (Å²) in [5.74, 6) is 0. The summed E-state index contributed by atoms with van der Waals surface area (Å²) >= 11 is 18.6. The summed E-state index contributed by atoms with van der Waals surface area (Å²) in [4.78, 5) is 0. The van der Waals surface area contributed by atoms with Crippen LogP contribution in [0.2, 0.25) is 15.2 Å². The molecular formula is C16H11Cl3N2. The van der Waals surface area contributed by atoms with Crippen molar-refractivity contribution < 1.29 is 0 Å². The maximum atomic E-state index is 6.30. The molecule has 0 fully saturated rings. The lowest BCUT2D eigenvalue weighted by atomic mass is 9.98. The standard InChI is InChI=1S/C16H11Cl3N2/c1-8-3-4-9(2)14-13(8)15(20-21-16(14)19)11-7-10(17)5-6-12(11)18/h3-7H,1-2H3. The van der Waals surface area contributed by atoms with Gasteiger partial charge in [0.1, 0.15) is 5.69 Å². The molecule has 2 nitrogen and oxygen atoms in total. The van der Waals surface area contributed by atoms with E-state index in [4.69, 9.17) is 34.8 Å². The zero-order valence-corrected chi connectivity index (χ0v) is 13.7. The second kappa shape index (κ2) is 5.45. The normalized spacial score (nSPS) is 11.1. The van der Waals surface area contributed by atoms with Crippen LogP contribution in [0.5, 0.6) is 0 Å². The van der Waals surface area contributed by atoms with E-state index in [1.54, 1.807) is 18.2 Å². The topological polar surface area (TPSA) is 25.8 Å². The number of hydrogen-bond donors (Lipinski definition) is 0. The number of benzene rings is 2. The molecular weight excluding hydrogens is 327 g/mol. The molecule has 106 valence electrons. The molecule has 0 atom stereocenters. The molecule has 0 amide bonds. The highest BCUT2D eigenvalue weighted by Crippen LogP contribution is 2.37. The first-order chi connectivity index (χ1) is 9.99. The Morgan fingerprint density at radius 3 is 2.19 bits per heavy atom. The van der Waals surface area contributed by atoms with Gasteiger partial charge in [-0.1, -0.05) is 46.9 Å². The molecule has 0 unspecified atom stereocenters. The first-order valence-electron chi connectivity index (χ1n) is 6.36. The third kappa shape index (κ3) is 2.48. The molecule has 3 aromatic rings. The summed E-state index contributed by atoms with van der Waals surface area (Å²) in [5.41, 5.74) is 3.57. The van der Waals surface area contributed by atoms with Crippen LogP contribution < -0.4 is 0 Å². The number of rotatable bonds is 1. The summed E-state index contributed by atoms with van der Waals surface area (Å²) in [5, 5.41) is 11.8. The van der Waals surface area contributed by atoms with E-state index in [1.165, 1.54) is 0 Å². The van der Waals surface area contributed by atoms with E-state index in [1.807, 2.05) is 26.0 Å². The number of halogens is 3. The molecule has 0 spiro atoms. The van der Waals surface area contributed by atoms with E-state index < -0.39 is 0 Å². The van der Waals surface area contributed by atoms with Gasteiger partial charge in [-0.2, -0.15) is 0 Å². The third-order valence-electron chi connectivity index (χ3n) is 3.49. The summed E-state index contributed by atoms with van der Waals surface area (Å²) < 4.78 is 0. The molecule has 0 aliphatic rings. The van der Waals surface area contributed by atoms with Gasteiger partial charge in [0.25, 0.3) is 0 Å². The minimum atomic E-state index is 0.396. The van der Waals surface area contributed by atoms with Crippen molar-refractivity contribution in [2.24, 2.45) is 0 Å². The van der Waals surface area contributed by atoms with E-state index in [0.717, 1.165) is 27.5 Å². The van der Waals surface area contributed by atoms with Gasteiger partial charge >= 0.3 is 0 Å². The van der Waals surface area contributed by atoms with E-state index in [-0.39, 0.29) is 0 Å². The smallest absolute Gasteiger partial charge is 0.148 e. The molecule has 0 N–H and O–H groups in total. The average Bonchev–Trinajstić information content (AvgIpc) is 2.46. The highest BCUT2D eigenvalue weighted by Gasteiger charge is 2.16. The van der Waals surface area contributed by atoms with Crippen molar-refractivity contribution in [2.75, 3.05) is 0 Å². The number of fused-ring (bicyclic) bond motifs is 1. The van der Waals surface area contributed by atoms with Gasteiger partial charge in [0, 0.05) is 21.4 Å². The Morgan fingerprint density at radius 1 is 0.810 bits per heavy atom. The second-order valence-electron chi connectivity index (χ2n) is 4.91. The Labute approximate surface area is 137 Å². The van der Waals surface area contributed by atoms with Crippen LogP contribution in [-0.4, -0.2) is 10.2 Å². The molecule has 0 saturated heterocycles. The molecule has 21 heavy (non-hydrogen) atoms. The van der Waals surface area contributed by atoms with Crippen molar-refractivity contribution in [1.82, 2.24) is 10.2 Å². The van der Waals surface area contributed by atoms with Gasteiger partial charge in [-0.15, -0.1) is 10.2 Å². The summed E-state index contributed by atoms with van der Waals surface area (Å²) in [7, 11) is 0. The number of aryl methyl sites for hydroxylation is 2. The summed E-state index contributed by atoms with van der Waals surface area (Å²) in [6.45, 7) is 4.01. The van der Waals surface area contributed by atoms with Gasteiger partial charge in [-0.3, -0.25) is 0 Å². The summed E-state index contributed by atoms with van der Waals surface area (Å²) in [6, 6.07) is 9.36. The lowest BCUT2D eigenvalue weighted by Crippen LogP contribution is -1.96. The van der Waals surface area contributed by atoms with Gasteiger partial charge in [-0.25, -0.2) is 0 Å². The van der Waals surface area contributed by atoms with E-state index in [9.17, 15) is 0 Å². The Hall–Kier alpha value is -1.35. The second-order valence-corrected chi connectivity index (χ2v) is 6.11. The lowest BCUT2D eigenvalue weighted by molar-refractivity contribution is 1.05. The maximum Gasteiger partial charge on any atom is 0.159 e. The van der Waals surface area contributed by atoms with Crippen LogP contribution in [0.25, 0.3) is 22.0 Å². The van der Waals surface area contributed by atoms with Crippen molar-refractivity contribution in [1.29, 1.82) is 0 Å². The molecule has 0 aliphatic carbocycles. The van der Waals surface area contributed by atoms with Crippen molar-refractivity contribution >= 4 is 45.6 Å². The fourth-order valence-electron chi connectivity index (χ4n) is 2.44. The Balaban J connectivity index is 2.47. The lowest BCUT2D eigenvalue weighted by Gasteiger charge is -2.12. The van der Waals surface area contributed by atoms with Crippen LogP contribution in [-0.2, 0) is 0 Å². The average molecular weight is 338 g/mol. The number of hydrogen-bond acceptors (Lipinski definition) is 2. The number of nitrogens with zero attached hydrogens (tertiary/aromatic N) is 2. The molecule has 1 aromatic heterocycles. The Kier molecular flexibility index (Phi) is 3.78. The van der Waals surface area contributed by atoms with Crippen molar-refractivity contribution in [2.45, 2.75) is 13.8 Å². The predicted octanol–water partition coefficient (Wildman–Crippen LogP) is 5.87. The van der Waals surface area contributed by atoms with Gasteiger partial charge in [0.05, 0.1) is 5.02 Å². The first-order valence-corrected chi connectivity index (χ1v) is 7.50. The quantitative estimate of drug-likeness (QED) is 0.554. The fraction of sp³-hybridized carbons (Fsp3) is 0.125. The van der Waals surface area contributed by atoms with Crippen LogP contribution in [0.4, 0.5) is 0 Å². The molecule has 0 aliphatic heterocycles. The highest BCUT2D eigenvalue weighted by molar-refractivity contribution is 6.37. The zero-order valence-electron chi connectivity index (χ0n) is 11.4. The highest BCUT2D eigenvalue weighted by atomic mass is 35.5. The van der Waals surface area contributed by atoms with Crippen molar-refractivity contribution in [3.8, 4) is 11.3 Å². The van der Waals surface area contributed by atoms with Crippen LogP contribution >= 0.6 is 34.8 Å². The van der Waals surface area contributed by atoms with Crippen molar-refractivity contribution in [3.05, 3.63) is 56.7 Å². The number of aromatic nitrogens is 2. The van der Waals surface area contributed by atoms with Crippen LogP contribution in [0.3, 0.4) is 0 Å². The molecule has 5 heteroatoms. The molecule has 2 aromatic carbocycles. The molecule has 3 rings (SSSR count). The molecule has 1 heterocycles. The first kappa shape index (κ1) is 14.6. The summed E-state index contributed by atoms with van der Waals surface area (Å²) in [6.07, 6.45) is 0.